The van der Waals surface area contributed by atoms with Crippen LogP contribution in [0.2, 0.25) is 5.15 Å². The lowest BCUT2D eigenvalue weighted by atomic mass is 10.0. The minimum absolute atomic E-state index is 0.107. The van der Waals surface area contributed by atoms with Gasteiger partial charge in [0, 0.05) is 17.1 Å². The summed E-state index contributed by atoms with van der Waals surface area (Å²) >= 11 is 9.25. The normalized spacial score (nSPS) is 10.2. The summed E-state index contributed by atoms with van der Waals surface area (Å²) in [6, 6.07) is 10.8. The Bertz CT molecular complexity index is 539. The maximum absolute atomic E-state index is 12.1. The molecule has 2 rings (SSSR count). The number of hydrogen-bond acceptors (Lipinski definition) is 2. The van der Waals surface area contributed by atoms with Crippen molar-refractivity contribution in [2.45, 2.75) is 5.33 Å². The molecule has 2 nitrogen and oxygen atoms in total. The van der Waals surface area contributed by atoms with Crippen molar-refractivity contribution in [3.8, 4) is 0 Å². The zero-order valence-electron chi connectivity index (χ0n) is 8.86. The van der Waals surface area contributed by atoms with Gasteiger partial charge in [0.15, 0.2) is 5.78 Å². The van der Waals surface area contributed by atoms with Gasteiger partial charge in [-0.1, -0.05) is 51.8 Å². The zero-order chi connectivity index (χ0) is 12.3. The highest BCUT2D eigenvalue weighted by Crippen LogP contribution is 2.17. The average molecular weight is 311 g/mol. The van der Waals surface area contributed by atoms with E-state index in [1.165, 1.54) is 0 Å². The molecule has 0 atom stereocenters. The Kier molecular flexibility index (Phi) is 3.92. The second-order valence-corrected chi connectivity index (χ2v) is 4.42. The minimum atomic E-state index is -0.107. The molecule has 0 fully saturated rings. The van der Waals surface area contributed by atoms with Crippen LogP contribution in [-0.4, -0.2) is 10.8 Å². The van der Waals surface area contributed by atoms with Gasteiger partial charge in [-0.05, 0) is 17.7 Å². The van der Waals surface area contributed by atoms with Crippen LogP contribution < -0.4 is 0 Å². The Morgan fingerprint density at radius 1 is 1.24 bits per heavy atom. The van der Waals surface area contributed by atoms with E-state index in [1.807, 2.05) is 12.1 Å². The van der Waals surface area contributed by atoms with E-state index in [9.17, 15) is 4.79 Å². The largest absolute Gasteiger partial charge is 0.288 e. The number of halogens is 2. The molecule has 0 bridgehead atoms. The summed E-state index contributed by atoms with van der Waals surface area (Å²) in [5.74, 6) is -0.107. The van der Waals surface area contributed by atoms with Crippen LogP contribution >= 0.6 is 27.5 Å². The molecule has 0 aliphatic rings. The second-order valence-electron chi connectivity index (χ2n) is 3.50. The second kappa shape index (κ2) is 5.43. The maximum atomic E-state index is 12.1. The molecule has 0 amide bonds. The van der Waals surface area contributed by atoms with Crippen molar-refractivity contribution in [1.82, 2.24) is 4.98 Å². The summed E-state index contributed by atoms with van der Waals surface area (Å²) in [6.45, 7) is 0. The summed E-state index contributed by atoms with van der Waals surface area (Å²) in [5, 5.41) is 1.01. The van der Waals surface area contributed by atoms with E-state index < -0.39 is 0 Å². The number of benzene rings is 1. The van der Waals surface area contributed by atoms with Crippen LogP contribution in [0.4, 0.5) is 0 Å². The molecule has 0 aliphatic heterocycles. The number of ketones is 1. The lowest BCUT2D eigenvalue weighted by Gasteiger charge is -2.03. The molecule has 0 radical (unpaired) electrons. The maximum Gasteiger partial charge on any atom is 0.196 e. The SMILES string of the molecule is O=C(c1ccc(CBr)cc1)c1cccnc1Cl. The van der Waals surface area contributed by atoms with Crippen molar-refractivity contribution in [2.24, 2.45) is 0 Å². The molecule has 1 heterocycles. The molecule has 1 aromatic heterocycles. The van der Waals surface area contributed by atoms with Crippen LogP contribution in [0.15, 0.2) is 42.6 Å². The first-order valence-corrected chi connectivity index (χ1v) is 6.52. The summed E-state index contributed by atoms with van der Waals surface area (Å²) in [7, 11) is 0. The van der Waals surface area contributed by atoms with Crippen molar-refractivity contribution in [1.29, 1.82) is 0 Å². The summed E-state index contributed by atoms with van der Waals surface area (Å²) in [4.78, 5) is 16.0. The number of rotatable bonds is 3. The van der Waals surface area contributed by atoms with E-state index in [0.29, 0.717) is 11.1 Å². The number of hydrogen-bond donors (Lipinski definition) is 0. The van der Waals surface area contributed by atoms with Crippen LogP contribution in [0.25, 0.3) is 0 Å². The topological polar surface area (TPSA) is 30.0 Å². The molecule has 86 valence electrons. The number of aromatic nitrogens is 1. The van der Waals surface area contributed by atoms with Crippen molar-refractivity contribution >= 4 is 33.3 Å². The van der Waals surface area contributed by atoms with Gasteiger partial charge in [0.1, 0.15) is 5.15 Å². The summed E-state index contributed by atoms with van der Waals surface area (Å²) < 4.78 is 0. The number of pyridine rings is 1. The molecule has 0 saturated heterocycles. The monoisotopic (exact) mass is 309 g/mol. The van der Waals surface area contributed by atoms with Gasteiger partial charge in [-0.15, -0.1) is 0 Å². The average Bonchev–Trinajstić information content (AvgIpc) is 2.39. The van der Waals surface area contributed by atoms with Crippen LogP contribution in [-0.2, 0) is 5.33 Å². The molecule has 2 aromatic rings. The smallest absolute Gasteiger partial charge is 0.196 e. The van der Waals surface area contributed by atoms with Gasteiger partial charge in [-0.25, -0.2) is 4.98 Å². The molecule has 0 aliphatic carbocycles. The molecule has 1 aromatic carbocycles. The van der Waals surface area contributed by atoms with Crippen LogP contribution in [0.1, 0.15) is 21.5 Å². The van der Waals surface area contributed by atoms with Gasteiger partial charge in [-0.2, -0.15) is 0 Å². The van der Waals surface area contributed by atoms with Crippen molar-refractivity contribution in [2.75, 3.05) is 0 Å². The van der Waals surface area contributed by atoms with Crippen molar-refractivity contribution < 1.29 is 4.79 Å². The highest BCUT2D eigenvalue weighted by Gasteiger charge is 2.12. The number of nitrogens with zero attached hydrogens (tertiary/aromatic N) is 1. The van der Waals surface area contributed by atoms with E-state index >= 15 is 0 Å². The first kappa shape index (κ1) is 12.3. The van der Waals surface area contributed by atoms with Crippen molar-refractivity contribution in [3.05, 3.63) is 64.4 Å². The van der Waals surface area contributed by atoms with Gasteiger partial charge >= 0.3 is 0 Å². The number of alkyl halides is 1. The van der Waals surface area contributed by atoms with Gasteiger partial charge in [-0.3, -0.25) is 4.79 Å². The lowest BCUT2D eigenvalue weighted by Crippen LogP contribution is -2.02. The van der Waals surface area contributed by atoms with Gasteiger partial charge in [0.05, 0.1) is 5.56 Å². The van der Waals surface area contributed by atoms with E-state index in [4.69, 9.17) is 11.6 Å². The molecule has 0 saturated carbocycles. The van der Waals surface area contributed by atoms with E-state index in [2.05, 4.69) is 20.9 Å². The number of carbonyl (C=O) groups is 1. The lowest BCUT2D eigenvalue weighted by molar-refractivity contribution is 0.103. The Hall–Kier alpha value is -1.19. The summed E-state index contributed by atoms with van der Waals surface area (Å²) in [6.07, 6.45) is 1.56. The Morgan fingerprint density at radius 2 is 1.94 bits per heavy atom. The fourth-order valence-corrected chi connectivity index (χ4v) is 2.04. The number of carbonyl (C=O) groups excluding carboxylic acids is 1. The van der Waals surface area contributed by atoms with E-state index in [1.54, 1.807) is 30.5 Å². The van der Waals surface area contributed by atoms with Crippen LogP contribution in [0.3, 0.4) is 0 Å². The van der Waals surface area contributed by atoms with E-state index in [-0.39, 0.29) is 10.9 Å². The van der Waals surface area contributed by atoms with Gasteiger partial charge in [0.25, 0.3) is 0 Å². The zero-order valence-corrected chi connectivity index (χ0v) is 11.2. The molecule has 0 unspecified atom stereocenters. The Labute approximate surface area is 113 Å². The highest BCUT2D eigenvalue weighted by atomic mass is 79.9. The molecular formula is C13H9BrClNO. The highest BCUT2D eigenvalue weighted by molar-refractivity contribution is 9.08. The third-order valence-corrected chi connectivity index (χ3v) is 3.32. The minimum Gasteiger partial charge on any atom is -0.288 e. The first-order chi connectivity index (χ1) is 8.22. The fourth-order valence-electron chi connectivity index (χ4n) is 1.46. The molecule has 4 heteroatoms. The van der Waals surface area contributed by atoms with Crippen LogP contribution in [0.5, 0.6) is 0 Å². The first-order valence-electron chi connectivity index (χ1n) is 5.02. The summed E-state index contributed by atoms with van der Waals surface area (Å²) in [5.41, 5.74) is 2.17. The molecule has 0 spiro atoms. The van der Waals surface area contributed by atoms with Gasteiger partial charge in [0.2, 0.25) is 0 Å². The quantitative estimate of drug-likeness (QED) is 0.489. The van der Waals surface area contributed by atoms with E-state index in [0.717, 1.165) is 10.9 Å². The van der Waals surface area contributed by atoms with Crippen LogP contribution in [0, 0.1) is 0 Å². The third kappa shape index (κ3) is 2.73. The third-order valence-electron chi connectivity index (χ3n) is 2.37. The Balaban J connectivity index is 2.34. The van der Waals surface area contributed by atoms with Gasteiger partial charge < -0.3 is 0 Å². The molecule has 0 N–H and O–H groups in total. The fraction of sp³-hybridized carbons (Fsp3) is 0.0769. The standard InChI is InChI=1S/C13H9BrClNO/c14-8-9-3-5-10(6-4-9)12(17)11-2-1-7-16-13(11)15/h1-7H,8H2. The molecule has 17 heavy (non-hydrogen) atoms. The predicted octanol–water partition coefficient (Wildman–Crippen LogP) is 3.86. The predicted molar refractivity (Wildman–Crippen MR) is 71.8 cm³/mol. The Morgan fingerprint density at radius 3 is 2.53 bits per heavy atom. The molecular weight excluding hydrogens is 302 g/mol. The van der Waals surface area contributed by atoms with Crippen molar-refractivity contribution in [3.63, 3.8) is 0 Å².